The normalized spacial score (nSPS) is 12.2. The molecular weight excluding hydrogens is 425 g/mol. The minimum atomic E-state index is 0. The van der Waals surface area contributed by atoms with Gasteiger partial charge >= 0.3 is 0 Å². The summed E-state index contributed by atoms with van der Waals surface area (Å²) in [6.45, 7) is 4.92. The van der Waals surface area contributed by atoms with E-state index < -0.39 is 0 Å². The van der Waals surface area contributed by atoms with E-state index >= 15 is 0 Å². The highest BCUT2D eigenvalue weighted by Crippen LogP contribution is 2.20. The fraction of sp³-hybridized carbons (Fsp3) is 0.368. The van der Waals surface area contributed by atoms with E-state index in [2.05, 4.69) is 41.3 Å². The van der Waals surface area contributed by atoms with Gasteiger partial charge in [0.2, 0.25) is 0 Å². The van der Waals surface area contributed by atoms with Crippen molar-refractivity contribution in [2.24, 2.45) is 10.7 Å². The largest absolute Gasteiger partial charge is 0.370 e. The van der Waals surface area contributed by atoms with Crippen LogP contribution in [0.2, 0.25) is 0 Å². The van der Waals surface area contributed by atoms with Crippen molar-refractivity contribution in [3.63, 3.8) is 0 Å². The van der Waals surface area contributed by atoms with Crippen LogP contribution < -0.4 is 16.0 Å². The number of aromatic nitrogens is 1. The number of halogens is 1. The molecule has 0 aliphatic rings. The highest BCUT2D eigenvalue weighted by molar-refractivity contribution is 14.0. The highest BCUT2D eigenvalue weighted by Gasteiger charge is 2.05. The van der Waals surface area contributed by atoms with Gasteiger partial charge in [-0.15, -0.1) is 24.0 Å². The van der Waals surface area contributed by atoms with Crippen molar-refractivity contribution in [3.8, 4) is 0 Å². The summed E-state index contributed by atoms with van der Waals surface area (Å²) in [7, 11) is 3.94. The van der Waals surface area contributed by atoms with Gasteiger partial charge in [-0.25, -0.2) is 9.98 Å². The molecule has 0 saturated heterocycles. The predicted molar refractivity (Wildman–Crippen MR) is 118 cm³/mol. The maximum atomic E-state index is 6.01. The average Bonchev–Trinajstić information content (AvgIpc) is 2.60. The molecule has 1 aromatic heterocycles. The third-order valence-corrected chi connectivity index (χ3v) is 4.08. The van der Waals surface area contributed by atoms with E-state index in [-0.39, 0.29) is 24.0 Å². The molecule has 25 heavy (non-hydrogen) atoms. The smallest absolute Gasteiger partial charge is 0.193 e. The van der Waals surface area contributed by atoms with Crippen LogP contribution in [-0.4, -0.2) is 25.0 Å². The van der Waals surface area contributed by atoms with Crippen LogP contribution in [0.5, 0.6) is 0 Å². The number of pyridine rings is 1. The Morgan fingerprint density at radius 1 is 1.24 bits per heavy atom. The fourth-order valence-corrected chi connectivity index (χ4v) is 2.44. The van der Waals surface area contributed by atoms with E-state index in [1.54, 1.807) is 6.20 Å². The van der Waals surface area contributed by atoms with Gasteiger partial charge in [0.1, 0.15) is 5.82 Å². The first-order valence-corrected chi connectivity index (χ1v) is 8.29. The van der Waals surface area contributed by atoms with Gasteiger partial charge in [0.25, 0.3) is 0 Å². The topological polar surface area (TPSA) is 66.5 Å². The number of anilines is 2. The summed E-state index contributed by atoms with van der Waals surface area (Å²) in [5.74, 6) is 1.88. The number of hydrogen-bond donors (Lipinski definition) is 2. The van der Waals surface area contributed by atoms with E-state index in [1.807, 2.05) is 43.3 Å². The molecule has 3 N–H and O–H groups in total. The van der Waals surface area contributed by atoms with E-state index in [0.717, 1.165) is 23.5 Å². The van der Waals surface area contributed by atoms with Gasteiger partial charge in [0.15, 0.2) is 5.96 Å². The lowest BCUT2D eigenvalue weighted by Gasteiger charge is -2.15. The van der Waals surface area contributed by atoms with Crippen LogP contribution in [0.25, 0.3) is 0 Å². The molecule has 136 valence electrons. The zero-order valence-electron chi connectivity index (χ0n) is 15.4. The molecule has 6 heteroatoms. The lowest BCUT2D eigenvalue weighted by Crippen LogP contribution is -2.23. The summed E-state index contributed by atoms with van der Waals surface area (Å²) in [5, 5.41) is 3.14. The van der Waals surface area contributed by atoms with Crippen molar-refractivity contribution >= 4 is 41.4 Å². The van der Waals surface area contributed by atoms with Gasteiger partial charge < -0.3 is 16.0 Å². The van der Waals surface area contributed by atoms with Gasteiger partial charge in [0.05, 0.1) is 6.54 Å². The lowest BCUT2D eigenvalue weighted by molar-refractivity contribution is 0.734. The Labute approximate surface area is 167 Å². The van der Waals surface area contributed by atoms with Crippen LogP contribution in [0.15, 0.2) is 47.6 Å². The number of hydrogen-bond acceptors (Lipinski definition) is 3. The predicted octanol–water partition coefficient (Wildman–Crippen LogP) is 4.21. The first-order valence-electron chi connectivity index (χ1n) is 8.29. The van der Waals surface area contributed by atoms with E-state index in [4.69, 9.17) is 5.73 Å². The van der Waals surface area contributed by atoms with Crippen LogP contribution in [0.4, 0.5) is 11.5 Å². The Balaban J connectivity index is 0.00000312. The van der Waals surface area contributed by atoms with E-state index in [9.17, 15) is 0 Å². The molecule has 0 saturated carbocycles. The summed E-state index contributed by atoms with van der Waals surface area (Å²) < 4.78 is 0. The first-order chi connectivity index (χ1) is 11.5. The molecule has 0 fully saturated rings. The quantitative estimate of drug-likeness (QED) is 0.391. The van der Waals surface area contributed by atoms with Gasteiger partial charge in [-0.2, -0.15) is 0 Å². The van der Waals surface area contributed by atoms with Crippen molar-refractivity contribution in [3.05, 3.63) is 53.7 Å². The second kappa shape index (κ2) is 10.2. The Morgan fingerprint density at radius 2 is 1.92 bits per heavy atom. The summed E-state index contributed by atoms with van der Waals surface area (Å²) in [6, 6.07) is 12.3. The number of aliphatic imine (C=N–C) groups is 1. The molecule has 0 radical (unpaired) electrons. The third kappa shape index (κ3) is 6.19. The average molecular weight is 453 g/mol. The summed E-state index contributed by atoms with van der Waals surface area (Å²) in [4.78, 5) is 10.8. The number of nitrogens with zero attached hydrogens (tertiary/aromatic N) is 3. The SMILES string of the molecule is CCC(C)c1ccc(NC(N)=NCc2cccnc2N(C)C)cc1.I. The van der Waals surface area contributed by atoms with Crippen LogP contribution in [-0.2, 0) is 6.54 Å². The molecule has 1 atom stereocenters. The minimum Gasteiger partial charge on any atom is -0.370 e. The molecule has 5 nitrogen and oxygen atoms in total. The first kappa shape index (κ1) is 21.2. The summed E-state index contributed by atoms with van der Waals surface area (Å²) >= 11 is 0. The van der Waals surface area contributed by atoms with Crippen molar-refractivity contribution in [1.82, 2.24) is 4.98 Å². The second-order valence-electron chi connectivity index (χ2n) is 6.14. The fourth-order valence-electron chi connectivity index (χ4n) is 2.44. The van der Waals surface area contributed by atoms with Crippen LogP contribution in [0.3, 0.4) is 0 Å². The van der Waals surface area contributed by atoms with Gasteiger partial charge in [0, 0.05) is 31.5 Å². The van der Waals surface area contributed by atoms with Crippen LogP contribution in [0.1, 0.15) is 37.3 Å². The molecule has 2 rings (SSSR count). The number of nitrogens with two attached hydrogens (primary N) is 1. The molecule has 1 unspecified atom stereocenters. The van der Waals surface area contributed by atoms with Crippen molar-refractivity contribution in [2.45, 2.75) is 32.7 Å². The van der Waals surface area contributed by atoms with E-state index in [1.165, 1.54) is 5.56 Å². The summed E-state index contributed by atoms with van der Waals surface area (Å²) in [6.07, 6.45) is 2.92. The van der Waals surface area contributed by atoms with Crippen molar-refractivity contribution < 1.29 is 0 Å². The van der Waals surface area contributed by atoms with Crippen molar-refractivity contribution in [2.75, 3.05) is 24.3 Å². The zero-order chi connectivity index (χ0) is 17.5. The Hall–Kier alpha value is -1.83. The van der Waals surface area contributed by atoms with Gasteiger partial charge in [-0.05, 0) is 36.1 Å². The Kier molecular flexibility index (Phi) is 8.68. The molecule has 0 amide bonds. The highest BCUT2D eigenvalue weighted by atomic mass is 127. The van der Waals surface area contributed by atoms with E-state index in [0.29, 0.717) is 18.4 Å². The number of guanidine groups is 1. The molecule has 2 aromatic rings. The van der Waals surface area contributed by atoms with Crippen LogP contribution >= 0.6 is 24.0 Å². The molecule has 0 bridgehead atoms. The van der Waals surface area contributed by atoms with Gasteiger partial charge in [-0.1, -0.05) is 32.0 Å². The van der Waals surface area contributed by atoms with Gasteiger partial charge in [-0.3, -0.25) is 0 Å². The minimum absolute atomic E-state index is 0. The maximum Gasteiger partial charge on any atom is 0.193 e. The Morgan fingerprint density at radius 3 is 2.52 bits per heavy atom. The third-order valence-electron chi connectivity index (χ3n) is 4.08. The number of nitrogens with one attached hydrogen (secondary N) is 1. The Bertz CT molecular complexity index is 682. The summed E-state index contributed by atoms with van der Waals surface area (Å²) in [5.41, 5.74) is 9.33. The molecule has 1 heterocycles. The molecular formula is C19H28IN5. The molecule has 1 aromatic carbocycles. The van der Waals surface area contributed by atoms with Crippen molar-refractivity contribution in [1.29, 1.82) is 0 Å². The maximum absolute atomic E-state index is 6.01. The van der Waals surface area contributed by atoms with Crippen LogP contribution in [0, 0.1) is 0 Å². The lowest BCUT2D eigenvalue weighted by atomic mass is 9.99. The monoisotopic (exact) mass is 453 g/mol. The zero-order valence-corrected chi connectivity index (χ0v) is 17.7. The molecule has 0 aliphatic carbocycles. The second-order valence-corrected chi connectivity index (χ2v) is 6.14. The molecule has 0 aliphatic heterocycles. The number of benzene rings is 1. The molecule has 0 spiro atoms. The number of rotatable bonds is 6. The standard InChI is InChI=1S/C19H27N5.HI/c1-5-14(2)15-8-10-17(11-9-15)23-19(20)22-13-16-7-6-12-21-18(16)24(3)4;/h6-12,14H,5,13H2,1-4H3,(H3,20,22,23);1H.